The normalized spacial score (nSPS) is 15.2. The fraction of sp³-hybridized carbons (Fsp3) is 0.348. The Morgan fingerprint density at radius 1 is 1.13 bits per heavy atom. The van der Waals surface area contributed by atoms with E-state index in [2.05, 4.69) is 38.5 Å². The van der Waals surface area contributed by atoms with E-state index >= 15 is 0 Å². The van der Waals surface area contributed by atoms with Crippen LogP contribution < -0.4 is 15.5 Å². The maximum atomic E-state index is 5.61. The van der Waals surface area contributed by atoms with E-state index in [-0.39, 0.29) is 0 Å². The van der Waals surface area contributed by atoms with Crippen molar-refractivity contribution in [1.82, 2.24) is 20.6 Å². The van der Waals surface area contributed by atoms with Crippen molar-refractivity contribution in [2.45, 2.75) is 32.4 Å². The highest BCUT2D eigenvalue weighted by Crippen LogP contribution is 2.19. The molecule has 0 aliphatic carbocycles. The van der Waals surface area contributed by atoms with Crippen LogP contribution in [0.5, 0.6) is 0 Å². The molecule has 7 heteroatoms. The number of aromatic nitrogens is 2. The molecule has 1 saturated heterocycles. The number of nitrogens with zero attached hydrogens (tertiary/aromatic N) is 4. The molecule has 0 atom stereocenters. The number of benzene rings is 1. The molecule has 4 rings (SSSR count). The Bertz CT molecular complexity index is 933. The molecule has 1 aliphatic rings. The van der Waals surface area contributed by atoms with E-state index in [9.17, 15) is 0 Å². The molecule has 0 unspecified atom stereocenters. The number of pyridine rings is 1. The highest BCUT2D eigenvalue weighted by atomic mass is 16.3. The second kappa shape index (κ2) is 9.91. The van der Waals surface area contributed by atoms with Gasteiger partial charge < -0.3 is 20.0 Å². The van der Waals surface area contributed by atoms with Crippen molar-refractivity contribution in [3.05, 3.63) is 66.7 Å². The summed E-state index contributed by atoms with van der Waals surface area (Å²) in [6.07, 6.45) is 5.62. The van der Waals surface area contributed by atoms with E-state index in [0.717, 1.165) is 55.5 Å². The maximum Gasteiger partial charge on any atom is 0.226 e. The average Bonchev–Trinajstić information content (AvgIpc) is 3.28. The van der Waals surface area contributed by atoms with Gasteiger partial charge in [0.1, 0.15) is 17.8 Å². The first kappa shape index (κ1) is 19.9. The average molecular weight is 405 g/mol. The number of oxazole rings is 1. The zero-order valence-electron chi connectivity index (χ0n) is 17.3. The lowest BCUT2D eigenvalue weighted by molar-refractivity contribution is 0.459. The van der Waals surface area contributed by atoms with Crippen LogP contribution in [0.25, 0.3) is 11.5 Å². The number of hydrogen-bond acceptors (Lipinski definition) is 5. The highest BCUT2D eigenvalue weighted by molar-refractivity contribution is 5.80. The number of anilines is 1. The summed E-state index contributed by atoms with van der Waals surface area (Å²) in [5, 5.41) is 6.91. The van der Waals surface area contributed by atoms with Crippen LogP contribution in [0.2, 0.25) is 0 Å². The van der Waals surface area contributed by atoms with E-state index in [1.807, 2.05) is 48.7 Å². The monoisotopic (exact) mass is 404 g/mol. The molecule has 7 nitrogen and oxygen atoms in total. The van der Waals surface area contributed by atoms with Crippen LogP contribution in [-0.4, -0.2) is 41.6 Å². The molecule has 0 bridgehead atoms. The zero-order valence-corrected chi connectivity index (χ0v) is 17.3. The number of guanidine groups is 1. The van der Waals surface area contributed by atoms with E-state index in [0.29, 0.717) is 18.5 Å². The lowest BCUT2D eigenvalue weighted by Crippen LogP contribution is -2.48. The molecular formula is C23H28N6O. The molecule has 1 fully saturated rings. The summed E-state index contributed by atoms with van der Waals surface area (Å²) >= 11 is 0. The molecular weight excluding hydrogens is 376 g/mol. The first-order chi connectivity index (χ1) is 14.8. The van der Waals surface area contributed by atoms with Gasteiger partial charge in [-0.05, 0) is 44.0 Å². The van der Waals surface area contributed by atoms with Gasteiger partial charge >= 0.3 is 0 Å². The Morgan fingerprint density at radius 3 is 2.67 bits per heavy atom. The van der Waals surface area contributed by atoms with Crippen molar-refractivity contribution in [2.75, 3.05) is 24.5 Å². The summed E-state index contributed by atoms with van der Waals surface area (Å²) in [6.45, 7) is 5.32. The number of nitrogens with one attached hydrogen (secondary N) is 2. The van der Waals surface area contributed by atoms with Crippen LogP contribution in [0.4, 0.5) is 5.82 Å². The molecule has 1 aromatic carbocycles. The van der Waals surface area contributed by atoms with Crippen molar-refractivity contribution in [3.63, 3.8) is 0 Å². The summed E-state index contributed by atoms with van der Waals surface area (Å²) in [7, 11) is 0. The lowest BCUT2D eigenvalue weighted by atomic mass is 10.1. The van der Waals surface area contributed by atoms with E-state index in [1.54, 1.807) is 6.26 Å². The summed E-state index contributed by atoms with van der Waals surface area (Å²) < 4.78 is 5.61. The van der Waals surface area contributed by atoms with Crippen molar-refractivity contribution >= 4 is 11.8 Å². The standard InChI is InChI=1S/C23H28N6O/c1-2-24-23(26-16-20-17-30-22(27-20)18-8-4-3-5-9-18)28-19-11-14-29(15-12-19)21-10-6-7-13-25-21/h3-10,13,17,19H,2,11-12,14-16H2,1H3,(H2,24,26,28). The third-order valence-corrected chi connectivity index (χ3v) is 5.12. The predicted molar refractivity (Wildman–Crippen MR) is 119 cm³/mol. The molecule has 2 N–H and O–H groups in total. The Kier molecular flexibility index (Phi) is 6.59. The minimum absolute atomic E-state index is 0.389. The molecule has 30 heavy (non-hydrogen) atoms. The van der Waals surface area contributed by atoms with Crippen LogP contribution in [-0.2, 0) is 6.54 Å². The summed E-state index contributed by atoms with van der Waals surface area (Å²) in [6, 6.07) is 16.4. The van der Waals surface area contributed by atoms with Gasteiger partial charge in [-0.1, -0.05) is 24.3 Å². The van der Waals surface area contributed by atoms with Crippen molar-refractivity contribution in [1.29, 1.82) is 0 Å². The zero-order chi connectivity index (χ0) is 20.6. The topological polar surface area (TPSA) is 78.6 Å². The predicted octanol–water partition coefficient (Wildman–Crippen LogP) is 3.46. The summed E-state index contributed by atoms with van der Waals surface area (Å²) in [4.78, 5) is 16.1. The van der Waals surface area contributed by atoms with Crippen LogP contribution >= 0.6 is 0 Å². The molecule has 0 radical (unpaired) electrons. The van der Waals surface area contributed by atoms with Crippen LogP contribution in [0.15, 0.2) is 70.4 Å². The number of piperidine rings is 1. The molecule has 0 saturated carbocycles. The molecule has 3 aromatic rings. The third kappa shape index (κ3) is 5.17. The Balaban J connectivity index is 1.33. The lowest BCUT2D eigenvalue weighted by Gasteiger charge is -2.33. The Labute approximate surface area is 177 Å². The fourth-order valence-corrected chi connectivity index (χ4v) is 3.56. The summed E-state index contributed by atoms with van der Waals surface area (Å²) in [5.74, 6) is 2.50. The number of aliphatic imine (C=N–C) groups is 1. The van der Waals surface area contributed by atoms with Gasteiger partial charge in [-0.3, -0.25) is 0 Å². The first-order valence-corrected chi connectivity index (χ1v) is 10.5. The molecule has 0 spiro atoms. The van der Waals surface area contributed by atoms with E-state index in [4.69, 9.17) is 9.41 Å². The van der Waals surface area contributed by atoms with Crippen LogP contribution in [0, 0.1) is 0 Å². The smallest absolute Gasteiger partial charge is 0.226 e. The largest absolute Gasteiger partial charge is 0.444 e. The van der Waals surface area contributed by atoms with Crippen LogP contribution in [0.3, 0.4) is 0 Å². The summed E-state index contributed by atoms with van der Waals surface area (Å²) in [5.41, 5.74) is 1.79. The van der Waals surface area contributed by atoms with Gasteiger partial charge in [0.25, 0.3) is 0 Å². The van der Waals surface area contributed by atoms with Crippen molar-refractivity contribution in [2.24, 2.45) is 4.99 Å². The van der Waals surface area contributed by atoms with Gasteiger partial charge in [0, 0.05) is 37.4 Å². The van der Waals surface area contributed by atoms with Crippen molar-refractivity contribution in [3.8, 4) is 11.5 Å². The van der Waals surface area contributed by atoms with Gasteiger partial charge in [-0.15, -0.1) is 0 Å². The molecule has 0 amide bonds. The van der Waals surface area contributed by atoms with Gasteiger partial charge in [0.05, 0.1) is 6.54 Å². The first-order valence-electron chi connectivity index (χ1n) is 10.5. The maximum absolute atomic E-state index is 5.61. The molecule has 3 heterocycles. The van der Waals surface area contributed by atoms with Gasteiger partial charge in [0.2, 0.25) is 5.89 Å². The van der Waals surface area contributed by atoms with Gasteiger partial charge in [-0.2, -0.15) is 0 Å². The fourth-order valence-electron chi connectivity index (χ4n) is 3.56. The van der Waals surface area contributed by atoms with Crippen molar-refractivity contribution < 1.29 is 4.42 Å². The van der Waals surface area contributed by atoms with E-state index < -0.39 is 0 Å². The second-order valence-electron chi connectivity index (χ2n) is 7.30. The minimum atomic E-state index is 0.389. The molecule has 156 valence electrons. The SMILES string of the molecule is CCNC(=NCc1coc(-c2ccccc2)n1)NC1CCN(c2ccccn2)CC1. The van der Waals surface area contributed by atoms with E-state index in [1.165, 1.54) is 0 Å². The van der Waals surface area contributed by atoms with Gasteiger partial charge in [-0.25, -0.2) is 15.0 Å². The molecule has 1 aliphatic heterocycles. The Hall–Kier alpha value is -3.35. The number of rotatable bonds is 6. The number of hydrogen-bond donors (Lipinski definition) is 2. The minimum Gasteiger partial charge on any atom is -0.444 e. The quantitative estimate of drug-likeness (QED) is 0.484. The molecule has 2 aromatic heterocycles. The second-order valence-corrected chi connectivity index (χ2v) is 7.30. The van der Waals surface area contributed by atoms with Crippen LogP contribution in [0.1, 0.15) is 25.5 Å². The Morgan fingerprint density at radius 2 is 1.93 bits per heavy atom. The highest BCUT2D eigenvalue weighted by Gasteiger charge is 2.20. The van der Waals surface area contributed by atoms with Gasteiger partial charge in [0.15, 0.2) is 5.96 Å². The third-order valence-electron chi connectivity index (χ3n) is 5.12.